The van der Waals surface area contributed by atoms with E-state index in [1.807, 2.05) is 6.07 Å². The Morgan fingerprint density at radius 2 is 2.38 bits per heavy atom. The maximum Gasteiger partial charge on any atom is 0.222 e. The lowest BCUT2D eigenvalue weighted by atomic mass is 10.3. The van der Waals surface area contributed by atoms with Gasteiger partial charge in [0.2, 0.25) is 5.91 Å². The number of amides is 1. The van der Waals surface area contributed by atoms with E-state index in [-0.39, 0.29) is 11.9 Å². The van der Waals surface area contributed by atoms with E-state index in [0.717, 1.165) is 25.3 Å². The van der Waals surface area contributed by atoms with E-state index in [9.17, 15) is 4.79 Å². The number of carbonyl (C=O) groups excluding carboxylic acids is 1. The normalized spacial score (nSPS) is 19.9. The Bertz CT molecular complexity index is 377. The Hall–Kier alpha value is -1.69. The highest BCUT2D eigenvalue weighted by molar-refractivity contribution is 5.87. The van der Waals surface area contributed by atoms with Gasteiger partial charge in [0.15, 0.2) is 11.6 Å². The third-order valence-electron chi connectivity index (χ3n) is 2.50. The van der Waals surface area contributed by atoms with Crippen molar-refractivity contribution >= 4 is 17.5 Å². The van der Waals surface area contributed by atoms with Gasteiger partial charge in [0.05, 0.1) is 0 Å². The smallest absolute Gasteiger partial charge is 0.222 e. The molecule has 0 unspecified atom stereocenters. The summed E-state index contributed by atoms with van der Waals surface area (Å²) in [6.45, 7) is 3.17. The molecule has 0 aromatic carbocycles. The molecule has 3 N–H and O–H groups in total. The van der Waals surface area contributed by atoms with E-state index in [1.54, 1.807) is 6.07 Å². The highest BCUT2D eigenvalue weighted by Crippen LogP contribution is 2.17. The Labute approximate surface area is 93.8 Å². The predicted molar refractivity (Wildman–Crippen MR) is 61.1 cm³/mol. The van der Waals surface area contributed by atoms with E-state index in [4.69, 9.17) is 5.73 Å². The number of nitrogens with two attached hydrogens (primary N) is 1. The molecule has 1 saturated heterocycles. The summed E-state index contributed by atoms with van der Waals surface area (Å²) in [6, 6.07) is 3.81. The first-order valence-electron chi connectivity index (χ1n) is 5.27. The summed E-state index contributed by atoms with van der Waals surface area (Å²) in [5, 5.41) is 10.6. The van der Waals surface area contributed by atoms with Gasteiger partial charge in [-0.15, -0.1) is 10.2 Å². The molecular weight excluding hydrogens is 206 g/mol. The van der Waals surface area contributed by atoms with Gasteiger partial charge in [0.1, 0.15) is 0 Å². The van der Waals surface area contributed by atoms with Gasteiger partial charge in [-0.25, -0.2) is 0 Å². The molecule has 1 aliphatic rings. The van der Waals surface area contributed by atoms with Gasteiger partial charge in [0.25, 0.3) is 0 Å². The van der Waals surface area contributed by atoms with Gasteiger partial charge in [-0.2, -0.15) is 0 Å². The first kappa shape index (κ1) is 10.8. The summed E-state index contributed by atoms with van der Waals surface area (Å²) in [7, 11) is 0. The topological polar surface area (TPSA) is 84.1 Å². The molecule has 1 aromatic rings. The molecule has 1 fully saturated rings. The average Bonchev–Trinajstić information content (AvgIpc) is 2.65. The van der Waals surface area contributed by atoms with Gasteiger partial charge in [-0.1, -0.05) is 0 Å². The van der Waals surface area contributed by atoms with Gasteiger partial charge in [-0.05, 0) is 18.6 Å². The minimum Gasteiger partial charge on any atom is -0.354 e. The van der Waals surface area contributed by atoms with Gasteiger partial charge in [0, 0.05) is 26.1 Å². The van der Waals surface area contributed by atoms with Gasteiger partial charge >= 0.3 is 0 Å². The third-order valence-corrected chi connectivity index (χ3v) is 2.50. The van der Waals surface area contributed by atoms with Crippen LogP contribution in [0.5, 0.6) is 0 Å². The predicted octanol–water partition coefficient (Wildman–Crippen LogP) is -0.0276. The molecule has 6 heteroatoms. The lowest BCUT2D eigenvalue weighted by molar-refractivity contribution is -0.114. The van der Waals surface area contributed by atoms with E-state index < -0.39 is 0 Å². The SMILES string of the molecule is CC(=O)Nc1ccc(N2CC[C@@H](N)C2)nn1. The second kappa shape index (κ2) is 4.44. The maximum absolute atomic E-state index is 10.8. The van der Waals surface area contributed by atoms with Crippen LogP contribution in [-0.4, -0.2) is 35.2 Å². The number of carbonyl (C=O) groups is 1. The molecule has 6 nitrogen and oxygen atoms in total. The lowest BCUT2D eigenvalue weighted by Crippen LogP contribution is -2.27. The second-order valence-corrected chi connectivity index (χ2v) is 3.95. The number of hydrogen-bond acceptors (Lipinski definition) is 5. The molecule has 0 aliphatic carbocycles. The van der Waals surface area contributed by atoms with Crippen LogP contribution in [0.1, 0.15) is 13.3 Å². The minimum absolute atomic E-state index is 0.148. The van der Waals surface area contributed by atoms with Crippen molar-refractivity contribution in [3.05, 3.63) is 12.1 Å². The fourth-order valence-electron chi connectivity index (χ4n) is 1.74. The summed E-state index contributed by atoms with van der Waals surface area (Å²) in [4.78, 5) is 12.9. The van der Waals surface area contributed by atoms with Crippen LogP contribution in [0.4, 0.5) is 11.6 Å². The van der Waals surface area contributed by atoms with Crippen LogP contribution in [0, 0.1) is 0 Å². The van der Waals surface area contributed by atoms with Crippen LogP contribution in [0.25, 0.3) is 0 Å². The van der Waals surface area contributed by atoms with Crippen LogP contribution in [0.2, 0.25) is 0 Å². The summed E-state index contributed by atoms with van der Waals surface area (Å²) < 4.78 is 0. The molecular formula is C10H15N5O. The van der Waals surface area contributed by atoms with E-state index in [1.165, 1.54) is 6.92 Å². The average molecular weight is 221 g/mol. The monoisotopic (exact) mass is 221 g/mol. The summed E-state index contributed by atoms with van der Waals surface area (Å²) in [5.41, 5.74) is 5.81. The Morgan fingerprint density at radius 1 is 1.56 bits per heavy atom. The number of aromatic nitrogens is 2. The molecule has 1 atom stereocenters. The number of hydrogen-bond donors (Lipinski definition) is 2. The zero-order chi connectivity index (χ0) is 11.5. The van der Waals surface area contributed by atoms with Crippen molar-refractivity contribution in [2.75, 3.05) is 23.3 Å². The molecule has 1 aromatic heterocycles. The van der Waals surface area contributed by atoms with E-state index in [0.29, 0.717) is 5.82 Å². The number of nitrogens with zero attached hydrogens (tertiary/aromatic N) is 3. The van der Waals surface area contributed by atoms with Crippen molar-refractivity contribution in [2.24, 2.45) is 5.73 Å². The van der Waals surface area contributed by atoms with E-state index >= 15 is 0 Å². The molecule has 0 radical (unpaired) electrons. The fourth-order valence-corrected chi connectivity index (χ4v) is 1.74. The molecule has 0 bridgehead atoms. The van der Waals surface area contributed by atoms with E-state index in [2.05, 4.69) is 20.4 Å². The van der Waals surface area contributed by atoms with Crippen LogP contribution in [0.15, 0.2) is 12.1 Å². The molecule has 0 spiro atoms. The van der Waals surface area contributed by atoms with Crippen molar-refractivity contribution in [1.82, 2.24) is 10.2 Å². The molecule has 16 heavy (non-hydrogen) atoms. The summed E-state index contributed by atoms with van der Waals surface area (Å²) >= 11 is 0. The van der Waals surface area contributed by atoms with Crippen LogP contribution < -0.4 is 16.0 Å². The van der Waals surface area contributed by atoms with Gasteiger partial charge in [-0.3, -0.25) is 4.79 Å². The Kier molecular flexibility index (Phi) is 3.00. The molecule has 2 rings (SSSR count). The number of nitrogens with one attached hydrogen (secondary N) is 1. The molecule has 86 valence electrons. The largest absolute Gasteiger partial charge is 0.354 e. The zero-order valence-corrected chi connectivity index (χ0v) is 9.18. The summed E-state index contributed by atoms with van der Waals surface area (Å²) in [5.74, 6) is 1.13. The highest BCUT2D eigenvalue weighted by atomic mass is 16.1. The number of anilines is 2. The number of rotatable bonds is 2. The van der Waals surface area contributed by atoms with Crippen LogP contribution in [-0.2, 0) is 4.79 Å². The first-order valence-corrected chi connectivity index (χ1v) is 5.27. The second-order valence-electron chi connectivity index (χ2n) is 3.95. The van der Waals surface area contributed by atoms with Crippen molar-refractivity contribution in [1.29, 1.82) is 0 Å². The van der Waals surface area contributed by atoms with Crippen molar-refractivity contribution in [3.8, 4) is 0 Å². The zero-order valence-electron chi connectivity index (χ0n) is 9.18. The summed E-state index contributed by atoms with van der Waals surface area (Å²) in [6.07, 6.45) is 0.981. The highest BCUT2D eigenvalue weighted by Gasteiger charge is 2.20. The lowest BCUT2D eigenvalue weighted by Gasteiger charge is -2.15. The van der Waals surface area contributed by atoms with Crippen molar-refractivity contribution in [2.45, 2.75) is 19.4 Å². The quantitative estimate of drug-likeness (QED) is 0.732. The molecule has 1 amide bonds. The fraction of sp³-hybridized carbons (Fsp3) is 0.500. The first-order chi connectivity index (χ1) is 7.65. The molecule has 2 heterocycles. The minimum atomic E-state index is -0.148. The maximum atomic E-state index is 10.8. The molecule has 0 saturated carbocycles. The van der Waals surface area contributed by atoms with Crippen LogP contribution >= 0.6 is 0 Å². The Morgan fingerprint density at radius 3 is 2.88 bits per heavy atom. The molecule has 1 aliphatic heterocycles. The van der Waals surface area contributed by atoms with Gasteiger partial charge < -0.3 is 16.0 Å². The standard InChI is InChI=1S/C10H15N5O/c1-7(16)12-9-2-3-10(14-13-9)15-5-4-8(11)6-15/h2-3,8H,4-6,11H2,1H3,(H,12,13,16)/t8-/m1/s1. The van der Waals surface area contributed by atoms with Crippen molar-refractivity contribution < 1.29 is 4.79 Å². The third kappa shape index (κ3) is 2.46. The van der Waals surface area contributed by atoms with Crippen LogP contribution in [0.3, 0.4) is 0 Å². The Balaban J connectivity index is 2.04. The van der Waals surface area contributed by atoms with Crippen molar-refractivity contribution in [3.63, 3.8) is 0 Å².